The first-order valence-corrected chi connectivity index (χ1v) is 9.81. The van der Waals surface area contributed by atoms with Gasteiger partial charge in [0.15, 0.2) is 17.6 Å². The average Bonchev–Trinajstić information content (AvgIpc) is 2.74. The summed E-state index contributed by atoms with van der Waals surface area (Å²) in [5, 5.41) is 13.8. The van der Waals surface area contributed by atoms with E-state index in [1.807, 2.05) is 0 Å². The Morgan fingerprint density at radius 3 is 2.87 bits per heavy atom. The van der Waals surface area contributed by atoms with E-state index in [0.717, 1.165) is 13.1 Å². The molecule has 1 aliphatic rings. The molecule has 3 heterocycles. The molecular weight excluding hydrogens is 414 g/mol. The normalized spacial score (nSPS) is 14.3. The van der Waals surface area contributed by atoms with Crippen molar-refractivity contribution in [3.63, 3.8) is 0 Å². The van der Waals surface area contributed by atoms with Gasteiger partial charge < -0.3 is 24.9 Å². The van der Waals surface area contributed by atoms with Gasteiger partial charge in [0, 0.05) is 51.8 Å². The van der Waals surface area contributed by atoms with Gasteiger partial charge in [0.25, 0.3) is 0 Å². The number of hydrogen-bond acceptors (Lipinski definition) is 9. The number of nitrogens with zero attached hydrogens (tertiary/aromatic N) is 4. The van der Waals surface area contributed by atoms with E-state index in [-0.39, 0.29) is 28.7 Å². The molecule has 30 heavy (non-hydrogen) atoms. The van der Waals surface area contributed by atoms with Crippen LogP contribution in [0.2, 0.25) is 5.02 Å². The summed E-state index contributed by atoms with van der Waals surface area (Å²) < 4.78 is 11.0. The molecule has 1 N–H and O–H groups in total. The van der Waals surface area contributed by atoms with Crippen molar-refractivity contribution in [3.8, 4) is 11.5 Å². The van der Waals surface area contributed by atoms with E-state index in [1.54, 1.807) is 12.1 Å². The number of carbonyl (C=O) groups is 1. The molecular formula is C19H22ClN5O5. The van der Waals surface area contributed by atoms with E-state index in [1.165, 1.54) is 19.4 Å². The van der Waals surface area contributed by atoms with Crippen LogP contribution in [0.3, 0.4) is 0 Å². The number of halogens is 1. The fourth-order valence-electron chi connectivity index (χ4n) is 3.03. The molecule has 1 fully saturated rings. The van der Waals surface area contributed by atoms with Gasteiger partial charge >= 0.3 is 5.82 Å². The van der Waals surface area contributed by atoms with Crippen molar-refractivity contribution in [2.24, 2.45) is 0 Å². The summed E-state index contributed by atoms with van der Waals surface area (Å²) >= 11 is 6.23. The highest BCUT2D eigenvalue weighted by molar-refractivity contribution is 6.35. The number of ketones is 1. The molecule has 10 nitrogen and oxygen atoms in total. The summed E-state index contributed by atoms with van der Waals surface area (Å²) in [6.07, 6.45) is 3.35. The molecule has 0 unspecified atom stereocenters. The minimum Gasteiger partial charge on any atom is -0.452 e. The number of morpholine rings is 1. The number of Topliss-reactive ketones (excluding diaryl/α,β-unsaturated/α-hetero) is 1. The SMILES string of the molecule is CNc1c([N+](=O)[O-])ncc(Oc2ccnc(CC(=O)CCN3CCOCC3)c2)c1Cl. The van der Waals surface area contributed by atoms with Crippen LogP contribution in [0.1, 0.15) is 12.1 Å². The highest BCUT2D eigenvalue weighted by Crippen LogP contribution is 2.39. The van der Waals surface area contributed by atoms with E-state index in [0.29, 0.717) is 37.6 Å². The average molecular weight is 436 g/mol. The van der Waals surface area contributed by atoms with Crippen LogP contribution in [0.15, 0.2) is 24.5 Å². The van der Waals surface area contributed by atoms with E-state index in [4.69, 9.17) is 21.1 Å². The number of rotatable bonds is 9. The lowest BCUT2D eigenvalue weighted by Gasteiger charge is -2.26. The number of nitrogens with one attached hydrogen (secondary N) is 1. The molecule has 0 aromatic carbocycles. The number of ether oxygens (including phenoxy) is 2. The van der Waals surface area contributed by atoms with Crippen LogP contribution < -0.4 is 10.1 Å². The predicted molar refractivity (Wildman–Crippen MR) is 110 cm³/mol. The van der Waals surface area contributed by atoms with Gasteiger partial charge in [-0.25, -0.2) is 0 Å². The summed E-state index contributed by atoms with van der Waals surface area (Å²) in [6, 6.07) is 3.25. The standard InChI is InChI=1S/C19H22ClN5O5/c1-21-18-17(20)16(12-23-19(18)25(27)28)30-15-2-4-22-13(11-15)10-14(26)3-5-24-6-8-29-9-7-24/h2,4,11-12,21H,3,5-10H2,1H3. The van der Waals surface area contributed by atoms with Crippen molar-refractivity contribution >= 4 is 28.9 Å². The molecule has 0 saturated carbocycles. The van der Waals surface area contributed by atoms with Gasteiger partial charge in [-0.1, -0.05) is 11.6 Å². The van der Waals surface area contributed by atoms with E-state index in [9.17, 15) is 14.9 Å². The van der Waals surface area contributed by atoms with Gasteiger partial charge in [-0.15, -0.1) is 0 Å². The Labute approximate surface area is 178 Å². The highest BCUT2D eigenvalue weighted by atomic mass is 35.5. The smallest absolute Gasteiger partial charge is 0.388 e. The van der Waals surface area contributed by atoms with Crippen molar-refractivity contribution in [2.75, 3.05) is 45.2 Å². The number of aromatic nitrogens is 2. The Kier molecular flexibility index (Phi) is 7.50. The Hall–Kier alpha value is -2.82. The summed E-state index contributed by atoms with van der Waals surface area (Å²) in [4.78, 5) is 33.0. The molecule has 160 valence electrons. The van der Waals surface area contributed by atoms with Crippen LogP contribution in [0.4, 0.5) is 11.5 Å². The number of hydrogen-bond donors (Lipinski definition) is 1. The Balaban J connectivity index is 1.64. The topological polar surface area (TPSA) is 120 Å². The lowest BCUT2D eigenvalue weighted by molar-refractivity contribution is -0.388. The molecule has 0 amide bonds. The summed E-state index contributed by atoms with van der Waals surface area (Å²) in [5.41, 5.74) is 0.631. The molecule has 3 rings (SSSR count). The second-order valence-electron chi connectivity index (χ2n) is 6.65. The van der Waals surface area contributed by atoms with Gasteiger partial charge in [-0.2, -0.15) is 0 Å². The van der Waals surface area contributed by atoms with Crippen molar-refractivity contribution in [1.29, 1.82) is 0 Å². The monoisotopic (exact) mass is 435 g/mol. The third-order valence-electron chi connectivity index (χ3n) is 4.59. The van der Waals surface area contributed by atoms with Crippen molar-refractivity contribution < 1.29 is 19.2 Å². The lowest BCUT2D eigenvalue weighted by atomic mass is 10.1. The van der Waals surface area contributed by atoms with Crippen LogP contribution in [-0.2, 0) is 16.0 Å². The van der Waals surface area contributed by atoms with E-state index in [2.05, 4.69) is 20.2 Å². The molecule has 0 radical (unpaired) electrons. The first kappa shape index (κ1) is 21.9. The molecule has 1 saturated heterocycles. The third kappa shape index (κ3) is 5.62. The summed E-state index contributed by atoms with van der Waals surface area (Å²) in [7, 11) is 1.51. The summed E-state index contributed by atoms with van der Waals surface area (Å²) in [5.74, 6) is 0.248. The maximum Gasteiger partial charge on any atom is 0.388 e. The molecule has 1 aliphatic heterocycles. The summed E-state index contributed by atoms with van der Waals surface area (Å²) in [6.45, 7) is 3.78. The number of carbonyl (C=O) groups excluding carboxylic acids is 1. The second-order valence-corrected chi connectivity index (χ2v) is 7.02. The largest absolute Gasteiger partial charge is 0.452 e. The Morgan fingerprint density at radius 2 is 2.17 bits per heavy atom. The molecule has 11 heteroatoms. The van der Waals surface area contributed by atoms with Gasteiger partial charge in [0.2, 0.25) is 0 Å². The van der Waals surface area contributed by atoms with Crippen molar-refractivity contribution in [1.82, 2.24) is 14.9 Å². The van der Waals surface area contributed by atoms with Gasteiger partial charge in [-0.3, -0.25) is 14.7 Å². The molecule has 2 aromatic heterocycles. The van der Waals surface area contributed by atoms with Crippen LogP contribution >= 0.6 is 11.6 Å². The fraction of sp³-hybridized carbons (Fsp3) is 0.421. The van der Waals surface area contributed by atoms with Crippen LogP contribution in [0.25, 0.3) is 0 Å². The van der Waals surface area contributed by atoms with Gasteiger partial charge in [0.05, 0.1) is 18.9 Å². The number of nitro groups is 1. The Bertz CT molecular complexity index is 920. The maximum atomic E-state index is 12.3. The first-order chi connectivity index (χ1) is 14.5. The number of pyridine rings is 2. The Morgan fingerprint density at radius 1 is 1.40 bits per heavy atom. The van der Waals surface area contributed by atoms with E-state index >= 15 is 0 Å². The maximum absolute atomic E-state index is 12.3. The van der Waals surface area contributed by atoms with Crippen LogP contribution in [0, 0.1) is 10.1 Å². The molecule has 0 atom stereocenters. The minimum atomic E-state index is -0.630. The molecule has 0 bridgehead atoms. The van der Waals surface area contributed by atoms with Crippen molar-refractivity contribution in [3.05, 3.63) is 45.4 Å². The highest BCUT2D eigenvalue weighted by Gasteiger charge is 2.22. The third-order valence-corrected chi connectivity index (χ3v) is 4.97. The molecule has 0 spiro atoms. The minimum absolute atomic E-state index is 0.0409. The second kappa shape index (κ2) is 10.3. The predicted octanol–water partition coefficient (Wildman–Crippen LogP) is 2.71. The van der Waals surface area contributed by atoms with Crippen LogP contribution in [-0.4, -0.2) is 65.5 Å². The van der Waals surface area contributed by atoms with E-state index < -0.39 is 10.7 Å². The zero-order valence-corrected chi connectivity index (χ0v) is 17.2. The van der Waals surface area contributed by atoms with Gasteiger partial charge in [0.1, 0.15) is 16.6 Å². The molecule has 0 aliphatic carbocycles. The lowest BCUT2D eigenvalue weighted by Crippen LogP contribution is -2.37. The van der Waals surface area contributed by atoms with Gasteiger partial charge in [-0.05, 0) is 16.0 Å². The van der Waals surface area contributed by atoms with Crippen molar-refractivity contribution in [2.45, 2.75) is 12.8 Å². The zero-order chi connectivity index (χ0) is 21.5. The first-order valence-electron chi connectivity index (χ1n) is 9.43. The molecule has 2 aromatic rings. The zero-order valence-electron chi connectivity index (χ0n) is 16.5. The quantitative estimate of drug-likeness (QED) is 0.468. The van der Waals surface area contributed by atoms with Crippen LogP contribution in [0.5, 0.6) is 11.5 Å². The number of anilines is 1. The fourth-order valence-corrected chi connectivity index (χ4v) is 3.30.